The van der Waals surface area contributed by atoms with Crippen LogP contribution in [-0.4, -0.2) is 25.7 Å². The summed E-state index contributed by atoms with van der Waals surface area (Å²) in [4.78, 5) is 40.0. The zero-order valence-electron chi connectivity index (χ0n) is 21.9. The van der Waals surface area contributed by atoms with Crippen molar-refractivity contribution in [3.63, 3.8) is 0 Å². The van der Waals surface area contributed by atoms with E-state index in [-0.39, 0.29) is 35.1 Å². The van der Waals surface area contributed by atoms with Crippen LogP contribution in [0.1, 0.15) is 11.1 Å². The summed E-state index contributed by atoms with van der Waals surface area (Å²) in [5.74, 6) is 0.333. The van der Waals surface area contributed by atoms with Gasteiger partial charge in [0.05, 0.1) is 27.0 Å². The number of halogens is 1. The fraction of sp³-hybridized carbons (Fsp3) is 0.0333. The van der Waals surface area contributed by atoms with E-state index < -0.39 is 15.4 Å². The Morgan fingerprint density at radius 1 is 0.953 bits per heavy atom. The van der Waals surface area contributed by atoms with Crippen molar-refractivity contribution in [1.82, 2.24) is 9.66 Å². The third-order valence-electron chi connectivity index (χ3n) is 6.52. The first-order valence-corrected chi connectivity index (χ1v) is 13.5. The maximum absolute atomic E-state index is 13.6. The van der Waals surface area contributed by atoms with Crippen molar-refractivity contribution in [3.8, 4) is 17.3 Å². The number of benzene rings is 4. The van der Waals surface area contributed by atoms with Gasteiger partial charge in [0.25, 0.3) is 11.2 Å². The summed E-state index contributed by atoms with van der Waals surface area (Å²) < 4.78 is 13.8. The van der Waals surface area contributed by atoms with Crippen LogP contribution in [0.25, 0.3) is 33.5 Å². The van der Waals surface area contributed by atoms with Crippen molar-refractivity contribution in [3.05, 3.63) is 137 Å². The highest BCUT2D eigenvalue weighted by Crippen LogP contribution is 2.32. The number of hydrogen-bond acceptors (Lipinski definition) is 9. The molecule has 43 heavy (non-hydrogen) atoms. The molecule has 0 atom stereocenters. The monoisotopic (exact) mass is 639 g/mol. The number of hydrogen-bond donors (Lipinski definition) is 0. The second kappa shape index (κ2) is 11.3. The molecule has 0 fully saturated rings. The molecule has 6 rings (SSSR count). The van der Waals surface area contributed by atoms with Crippen LogP contribution < -0.4 is 10.3 Å². The van der Waals surface area contributed by atoms with Gasteiger partial charge in [0.15, 0.2) is 5.76 Å². The van der Waals surface area contributed by atoms with Crippen molar-refractivity contribution < 1.29 is 19.0 Å². The fourth-order valence-corrected chi connectivity index (χ4v) is 4.83. The molecular formula is C30H18BrN5O7. The number of non-ortho nitro benzene ring substituents is 1. The second-order valence-corrected chi connectivity index (χ2v) is 10.2. The third-order valence-corrected chi connectivity index (χ3v) is 7.01. The molecule has 0 N–H and O–H groups in total. The van der Waals surface area contributed by atoms with Crippen molar-refractivity contribution in [1.29, 1.82) is 0 Å². The highest BCUT2D eigenvalue weighted by molar-refractivity contribution is 9.10. The van der Waals surface area contributed by atoms with Gasteiger partial charge in [0.1, 0.15) is 12.2 Å². The number of ether oxygens (including phenoxy) is 1. The summed E-state index contributed by atoms with van der Waals surface area (Å²) in [5.41, 5.74) is 0.908. The number of nitrogens with zero attached hydrogens (tertiary/aromatic N) is 5. The highest BCUT2D eigenvalue weighted by Gasteiger charge is 2.20. The third kappa shape index (κ3) is 5.48. The molecular weight excluding hydrogens is 622 g/mol. The van der Waals surface area contributed by atoms with Gasteiger partial charge < -0.3 is 9.15 Å². The minimum absolute atomic E-state index is 0.0912. The Hall–Kier alpha value is -5.69. The van der Waals surface area contributed by atoms with Gasteiger partial charge in [0.2, 0.25) is 11.6 Å². The summed E-state index contributed by atoms with van der Waals surface area (Å²) in [6.45, 7) is -0.110. The van der Waals surface area contributed by atoms with Gasteiger partial charge in [-0.3, -0.25) is 25.0 Å². The van der Waals surface area contributed by atoms with Crippen LogP contribution in [0.2, 0.25) is 0 Å². The molecule has 0 aliphatic heterocycles. The first kappa shape index (κ1) is 27.5. The summed E-state index contributed by atoms with van der Waals surface area (Å²) >= 11 is 3.44. The van der Waals surface area contributed by atoms with Gasteiger partial charge >= 0.3 is 5.69 Å². The largest absolute Gasteiger partial charge is 0.481 e. The molecule has 0 bridgehead atoms. The second-order valence-electron chi connectivity index (χ2n) is 9.27. The maximum Gasteiger partial charge on any atom is 0.311 e. The Labute approximate surface area is 249 Å². The van der Waals surface area contributed by atoms with Gasteiger partial charge in [-0.25, -0.2) is 4.98 Å². The van der Waals surface area contributed by atoms with Crippen molar-refractivity contribution in [2.75, 3.05) is 0 Å². The Kier molecular flexibility index (Phi) is 7.22. The van der Waals surface area contributed by atoms with Crippen molar-refractivity contribution in [2.45, 2.75) is 6.61 Å². The molecule has 0 spiro atoms. The van der Waals surface area contributed by atoms with Crippen LogP contribution in [-0.2, 0) is 6.61 Å². The van der Waals surface area contributed by atoms with Gasteiger partial charge in [-0.05, 0) is 60.2 Å². The summed E-state index contributed by atoms with van der Waals surface area (Å²) in [6, 6.07) is 24.0. The molecule has 0 saturated carbocycles. The van der Waals surface area contributed by atoms with Gasteiger partial charge in [-0.2, -0.15) is 9.78 Å². The normalized spacial score (nSPS) is 11.4. The number of furan rings is 1. The first-order chi connectivity index (χ1) is 20.8. The fourth-order valence-electron chi connectivity index (χ4n) is 4.45. The topological polar surface area (TPSA) is 156 Å². The van der Waals surface area contributed by atoms with E-state index in [2.05, 4.69) is 26.0 Å². The Morgan fingerprint density at radius 3 is 2.51 bits per heavy atom. The van der Waals surface area contributed by atoms with Crippen LogP contribution >= 0.6 is 15.9 Å². The standard InChI is InChI=1S/C30H18BrN5O7/c31-21-10-13-26-20(14-21)15-27(43-26)29-33-24-6-2-1-5-23(24)30(37)34(29)32-16-19-4-3-7-25(36(40)41)28(19)42-17-18-8-11-22(12-9-18)35(38)39/h1-16H,17H2. The van der Waals surface area contributed by atoms with E-state index in [1.165, 1.54) is 42.6 Å². The highest BCUT2D eigenvalue weighted by atomic mass is 79.9. The zero-order valence-corrected chi connectivity index (χ0v) is 23.5. The van der Waals surface area contributed by atoms with E-state index in [0.717, 1.165) is 14.5 Å². The van der Waals surface area contributed by atoms with E-state index in [1.54, 1.807) is 42.5 Å². The lowest BCUT2D eigenvalue weighted by Gasteiger charge is -2.10. The number of rotatable bonds is 8. The molecule has 0 aliphatic carbocycles. The number of fused-ring (bicyclic) bond motifs is 2. The summed E-state index contributed by atoms with van der Waals surface area (Å²) in [6.07, 6.45) is 1.28. The predicted molar refractivity (Wildman–Crippen MR) is 162 cm³/mol. The summed E-state index contributed by atoms with van der Waals surface area (Å²) in [7, 11) is 0. The SMILES string of the molecule is O=c1c2ccccc2nc(-c2cc3cc(Br)ccc3o2)n1N=Cc1cccc([N+](=O)[O-])c1OCc1ccc([N+](=O)[O-])cc1. The smallest absolute Gasteiger partial charge is 0.311 e. The van der Waals surface area contributed by atoms with E-state index in [4.69, 9.17) is 9.15 Å². The molecule has 12 nitrogen and oxygen atoms in total. The number of aromatic nitrogens is 2. The average Bonchev–Trinajstić information content (AvgIpc) is 3.43. The van der Waals surface area contributed by atoms with E-state index in [0.29, 0.717) is 27.8 Å². The van der Waals surface area contributed by atoms with Crippen LogP contribution in [0.5, 0.6) is 5.75 Å². The molecule has 0 unspecified atom stereocenters. The average molecular weight is 640 g/mol. The van der Waals surface area contributed by atoms with Crippen LogP contribution in [0.15, 0.2) is 110 Å². The van der Waals surface area contributed by atoms with Crippen molar-refractivity contribution >= 4 is 55.4 Å². The molecule has 6 aromatic rings. The molecule has 0 saturated heterocycles. The molecule has 4 aromatic carbocycles. The quantitative estimate of drug-likeness (QED) is 0.0994. The molecule has 2 aromatic heterocycles. The van der Waals surface area contributed by atoms with Crippen LogP contribution in [0.3, 0.4) is 0 Å². The first-order valence-electron chi connectivity index (χ1n) is 12.7. The predicted octanol–water partition coefficient (Wildman–Crippen LogP) is 6.85. The van der Waals surface area contributed by atoms with Gasteiger partial charge in [-0.1, -0.05) is 34.1 Å². The molecule has 0 amide bonds. The minimum Gasteiger partial charge on any atom is -0.481 e. The number of nitro groups is 2. The Balaban J connectivity index is 1.44. The summed E-state index contributed by atoms with van der Waals surface area (Å²) in [5, 5.41) is 28.3. The molecule has 212 valence electrons. The van der Waals surface area contributed by atoms with Crippen LogP contribution in [0, 0.1) is 20.2 Å². The van der Waals surface area contributed by atoms with Crippen molar-refractivity contribution in [2.24, 2.45) is 5.10 Å². The Morgan fingerprint density at radius 2 is 1.74 bits per heavy atom. The maximum atomic E-state index is 13.6. The molecule has 13 heteroatoms. The number of para-hydroxylation sites is 2. The lowest BCUT2D eigenvalue weighted by atomic mass is 10.2. The minimum atomic E-state index is -0.593. The van der Waals surface area contributed by atoms with E-state index in [9.17, 15) is 25.0 Å². The lowest BCUT2D eigenvalue weighted by molar-refractivity contribution is -0.386. The Bertz CT molecular complexity index is 2140. The van der Waals surface area contributed by atoms with E-state index in [1.807, 2.05) is 12.1 Å². The zero-order chi connectivity index (χ0) is 30.1. The molecule has 2 heterocycles. The lowest BCUT2D eigenvalue weighted by Crippen LogP contribution is -2.20. The molecule has 0 radical (unpaired) electrons. The van der Waals surface area contributed by atoms with E-state index >= 15 is 0 Å². The van der Waals surface area contributed by atoms with Gasteiger partial charge in [0, 0.05) is 33.6 Å². The van der Waals surface area contributed by atoms with Gasteiger partial charge in [-0.15, -0.1) is 0 Å². The molecule has 0 aliphatic rings. The van der Waals surface area contributed by atoms with Crippen LogP contribution in [0.4, 0.5) is 11.4 Å². The number of nitro benzene ring substituents is 2.